The first kappa shape index (κ1) is 13.0. The minimum absolute atomic E-state index is 0.186. The van der Waals surface area contributed by atoms with Crippen molar-refractivity contribution in [3.63, 3.8) is 0 Å². The van der Waals surface area contributed by atoms with Crippen LogP contribution in [-0.4, -0.2) is 35.9 Å². The number of nitrogens with zero attached hydrogens (tertiary/aromatic N) is 2. The standard InChI is InChI=1S/C15H20N4O/c16-15(17-12-4-2-1-3-5-12)19-9-8-13-11(10-19)6-7-14(20)18-13/h1-5,11,13H,6-10H2,(H2,16,17)(H,18,20). The average molecular weight is 272 g/mol. The van der Waals surface area contributed by atoms with Gasteiger partial charge in [-0.3, -0.25) is 4.79 Å². The summed E-state index contributed by atoms with van der Waals surface area (Å²) in [6, 6.07) is 10.1. The number of benzene rings is 1. The second kappa shape index (κ2) is 5.53. The van der Waals surface area contributed by atoms with Gasteiger partial charge < -0.3 is 16.0 Å². The van der Waals surface area contributed by atoms with Crippen LogP contribution >= 0.6 is 0 Å². The van der Waals surface area contributed by atoms with Crippen LogP contribution in [0.2, 0.25) is 0 Å². The Balaban J connectivity index is 1.67. The van der Waals surface area contributed by atoms with E-state index in [-0.39, 0.29) is 5.91 Å². The Kier molecular flexibility index (Phi) is 3.58. The van der Waals surface area contributed by atoms with E-state index in [1.807, 2.05) is 30.3 Å². The smallest absolute Gasteiger partial charge is 0.220 e. The molecule has 1 aromatic carbocycles. The summed E-state index contributed by atoms with van der Waals surface area (Å²) in [5.41, 5.74) is 7.00. The summed E-state index contributed by atoms with van der Waals surface area (Å²) >= 11 is 0. The number of nitrogens with two attached hydrogens (primary N) is 1. The molecule has 20 heavy (non-hydrogen) atoms. The molecule has 2 heterocycles. The van der Waals surface area contributed by atoms with E-state index in [1.54, 1.807) is 0 Å². The van der Waals surface area contributed by atoms with Crippen molar-refractivity contribution < 1.29 is 4.79 Å². The molecular weight excluding hydrogens is 252 g/mol. The third kappa shape index (κ3) is 2.76. The minimum atomic E-state index is 0.186. The molecule has 2 aliphatic heterocycles. The summed E-state index contributed by atoms with van der Waals surface area (Å²) < 4.78 is 0. The molecule has 0 radical (unpaired) electrons. The maximum atomic E-state index is 11.4. The summed E-state index contributed by atoms with van der Waals surface area (Å²) in [7, 11) is 0. The van der Waals surface area contributed by atoms with Crippen molar-refractivity contribution in [2.75, 3.05) is 13.1 Å². The monoisotopic (exact) mass is 272 g/mol. The van der Waals surface area contributed by atoms with Crippen molar-refractivity contribution in [3.8, 4) is 0 Å². The van der Waals surface area contributed by atoms with Crippen molar-refractivity contribution in [2.24, 2.45) is 16.6 Å². The molecule has 0 spiro atoms. The van der Waals surface area contributed by atoms with Gasteiger partial charge in [-0.1, -0.05) is 18.2 Å². The molecule has 0 aliphatic carbocycles. The molecule has 1 amide bonds. The van der Waals surface area contributed by atoms with Gasteiger partial charge >= 0.3 is 0 Å². The predicted molar refractivity (Wildman–Crippen MR) is 78.6 cm³/mol. The lowest BCUT2D eigenvalue weighted by molar-refractivity contribution is -0.125. The fourth-order valence-corrected chi connectivity index (χ4v) is 3.02. The van der Waals surface area contributed by atoms with Crippen molar-refractivity contribution in [1.82, 2.24) is 10.2 Å². The molecule has 3 N–H and O–H groups in total. The minimum Gasteiger partial charge on any atom is -0.369 e. The fourth-order valence-electron chi connectivity index (χ4n) is 3.02. The summed E-state index contributed by atoms with van der Waals surface area (Å²) in [4.78, 5) is 18.0. The Hall–Kier alpha value is -2.04. The summed E-state index contributed by atoms with van der Waals surface area (Å²) in [5, 5.41) is 3.08. The largest absolute Gasteiger partial charge is 0.369 e. The van der Waals surface area contributed by atoms with Gasteiger partial charge in [0.1, 0.15) is 0 Å². The lowest BCUT2D eigenvalue weighted by atomic mass is 9.85. The number of hydrogen-bond acceptors (Lipinski definition) is 2. The highest BCUT2D eigenvalue weighted by atomic mass is 16.1. The predicted octanol–water partition coefficient (Wildman–Crippen LogP) is 1.23. The molecule has 2 unspecified atom stereocenters. The number of piperidine rings is 2. The Labute approximate surface area is 118 Å². The lowest BCUT2D eigenvalue weighted by Crippen LogP contribution is -2.56. The Morgan fingerprint density at radius 2 is 2.10 bits per heavy atom. The fraction of sp³-hybridized carbons (Fsp3) is 0.467. The summed E-state index contributed by atoms with van der Waals surface area (Å²) in [6.45, 7) is 1.73. The highest BCUT2D eigenvalue weighted by Gasteiger charge is 2.34. The maximum Gasteiger partial charge on any atom is 0.220 e. The third-order valence-electron chi connectivity index (χ3n) is 4.15. The molecule has 2 aliphatic rings. The van der Waals surface area contributed by atoms with Crippen molar-refractivity contribution in [3.05, 3.63) is 30.3 Å². The molecular formula is C15H20N4O. The van der Waals surface area contributed by atoms with Crippen LogP contribution in [0.25, 0.3) is 0 Å². The molecule has 5 nitrogen and oxygen atoms in total. The van der Waals surface area contributed by atoms with Crippen LogP contribution in [-0.2, 0) is 4.79 Å². The van der Waals surface area contributed by atoms with Gasteiger partial charge in [-0.2, -0.15) is 0 Å². The lowest BCUT2D eigenvalue weighted by Gasteiger charge is -2.41. The van der Waals surface area contributed by atoms with Crippen LogP contribution in [0.1, 0.15) is 19.3 Å². The van der Waals surface area contributed by atoms with Crippen LogP contribution in [0, 0.1) is 5.92 Å². The van der Waals surface area contributed by atoms with Crippen molar-refractivity contribution >= 4 is 17.6 Å². The van der Waals surface area contributed by atoms with Crippen LogP contribution in [0.15, 0.2) is 35.3 Å². The normalized spacial score (nSPS) is 26.9. The van der Waals surface area contributed by atoms with Gasteiger partial charge in [-0.15, -0.1) is 0 Å². The number of hydrogen-bond donors (Lipinski definition) is 2. The zero-order valence-electron chi connectivity index (χ0n) is 11.5. The molecule has 2 saturated heterocycles. The number of amides is 1. The number of rotatable bonds is 1. The van der Waals surface area contributed by atoms with E-state index in [0.29, 0.717) is 24.3 Å². The number of carbonyl (C=O) groups excluding carboxylic acids is 1. The van der Waals surface area contributed by atoms with Gasteiger partial charge in [0.2, 0.25) is 5.91 Å². The molecule has 3 rings (SSSR count). The van der Waals surface area contributed by atoms with E-state index < -0.39 is 0 Å². The van der Waals surface area contributed by atoms with E-state index in [4.69, 9.17) is 5.73 Å². The number of nitrogens with one attached hydrogen (secondary N) is 1. The average Bonchev–Trinajstić information content (AvgIpc) is 2.47. The van der Waals surface area contributed by atoms with Crippen LogP contribution < -0.4 is 11.1 Å². The first-order valence-electron chi connectivity index (χ1n) is 7.16. The topological polar surface area (TPSA) is 70.7 Å². The second-order valence-electron chi connectivity index (χ2n) is 5.51. The number of aliphatic imine (C=N–C) groups is 1. The van der Waals surface area contributed by atoms with Gasteiger partial charge in [0.15, 0.2) is 5.96 Å². The Morgan fingerprint density at radius 1 is 1.30 bits per heavy atom. The van der Waals surface area contributed by atoms with Gasteiger partial charge in [0, 0.05) is 25.6 Å². The zero-order chi connectivity index (χ0) is 13.9. The first-order chi connectivity index (χ1) is 9.72. The zero-order valence-corrected chi connectivity index (χ0v) is 11.5. The molecule has 2 fully saturated rings. The molecule has 1 aromatic rings. The van der Waals surface area contributed by atoms with Crippen LogP contribution in [0.5, 0.6) is 0 Å². The van der Waals surface area contributed by atoms with Crippen LogP contribution in [0.4, 0.5) is 5.69 Å². The van der Waals surface area contributed by atoms with E-state index in [1.165, 1.54) is 0 Å². The second-order valence-corrected chi connectivity index (χ2v) is 5.51. The number of fused-ring (bicyclic) bond motifs is 1. The SMILES string of the molecule is NC(=Nc1ccccc1)N1CCC2NC(=O)CCC2C1. The van der Waals surface area contributed by atoms with E-state index in [9.17, 15) is 4.79 Å². The van der Waals surface area contributed by atoms with Crippen LogP contribution in [0.3, 0.4) is 0 Å². The van der Waals surface area contributed by atoms with Gasteiger partial charge in [0.25, 0.3) is 0 Å². The van der Waals surface area contributed by atoms with Crippen molar-refractivity contribution in [1.29, 1.82) is 0 Å². The first-order valence-corrected chi connectivity index (χ1v) is 7.16. The molecule has 0 bridgehead atoms. The van der Waals surface area contributed by atoms with Gasteiger partial charge in [-0.05, 0) is 30.9 Å². The van der Waals surface area contributed by atoms with E-state index in [0.717, 1.165) is 31.6 Å². The molecule has 5 heteroatoms. The Bertz CT molecular complexity index is 514. The highest BCUT2D eigenvalue weighted by Crippen LogP contribution is 2.25. The number of guanidine groups is 1. The number of likely N-dealkylation sites (tertiary alicyclic amines) is 1. The molecule has 106 valence electrons. The molecule has 0 saturated carbocycles. The maximum absolute atomic E-state index is 11.4. The molecule has 2 atom stereocenters. The van der Waals surface area contributed by atoms with Crippen molar-refractivity contribution in [2.45, 2.75) is 25.3 Å². The quantitative estimate of drug-likeness (QED) is 0.597. The third-order valence-corrected chi connectivity index (χ3v) is 4.15. The summed E-state index contributed by atoms with van der Waals surface area (Å²) in [5.74, 6) is 1.25. The van der Waals surface area contributed by atoms with Gasteiger partial charge in [0.05, 0.1) is 5.69 Å². The van der Waals surface area contributed by atoms with E-state index >= 15 is 0 Å². The molecule has 0 aromatic heterocycles. The van der Waals surface area contributed by atoms with E-state index in [2.05, 4.69) is 15.2 Å². The summed E-state index contributed by atoms with van der Waals surface area (Å²) in [6.07, 6.45) is 2.53. The Morgan fingerprint density at radius 3 is 2.90 bits per heavy atom. The number of para-hydroxylation sites is 1. The highest BCUT2D eigenvalue weighted by molar-refractivity contribution is 5.81. The number of carbonyl (C=O) groups is 1. The van der Waals surface area contributed by atoms with Gasteiger partial charge in [-0.25, -0.2) is 4.99 Å².